The highest BCUT2D eigenvalue weighted by Crippen LogP contribution is 2.30. The molecule has 1 fully saturated rings. The number of para-hydroxylation sites is 1. The number of hydrogen-bond donors (Lipinski definition) is 2. The van der Waals surface area contributed by atoms with E-state index in [1.807, 2.05) is 24.3 Å². The zero-order valence-corrected chi connectivity index (χ0v) is 18.4. The minimum atomic E-state index is -4.46. The van der Waals surface area contributed by atoms with Gasteiger partial charge in [-0.05, 0) is 68.5 Å². The number of carbonyl (C=O) groups is 1. The molecule has 0 atom stereocenters. The van der Waals surface area contributed by atoms with Crippen molar-refractivity contribution in [2.24, 2.45) is 0 Å². The minimum absolute atomic E-state index is 0. The first kappa shape index (κ1) is 23.9. The average Bonchev–Trinajstić information content (AvgIpc) is 2.75. The Hall–Kier alpha value is -2.80. The van der Waals surface area contributed by atoms with Crippen LogP contribution in [0.5, 0.6) is 0 Å². The van der Waals surface area contributed by atoms with Gasteiger partial charge in [0.15, 0.2) is 0 Å². The lowest BCUT2D eigenvalue weighted by molar-refractivity contribution is -0.137. The molecule has 0 spiro atoms. The monoisotopic (exact) mass is 463 g/mol. The smallest absolute Gasteiger partial charge is 0.367 e. The van der Waals surface area contributed by atoms with Crippen molar-refractivity contribution in [3.63, 3.8) is 0 Å². The molecule has 0 saturated heterocycles. The van der Waals surface area contributed by atoms with Gasteiger partial charge in [0.2, 0.25) is 0 Å². The number of alkyl halides is 3. The summed E-state index contributed by atoms with van der Waals surface area (Å²) in [7, 11) is 0. The number of aromatic nitrogens is 1. The molecule has 0 radical (unpaired) electrons. The minimum Gasteiger partial charge on any atom is -0.367 e. The highest BCUT2D eigenvalue weighted by molar-refractivity contribution is 5.94. The number of benzene rings is 2. The second-order valence-electron chi connectivity index (χ2n) is 8.09. The summed E-state index contributed by atoms with van der Waals surface area (Å²) >= 11 is 0. The molecule has 8 heteroatoms. The number of anilines is 1. The number of carbonyl (C=O) groups excluding carboxylic acids is 1. The molecule has 4 nitrogen and oxygen atoms in total. The second-order valence-corrected chi connectivity index (χ2v) is 8.09. The Morgan fingerprint density at radius 1 is 0.969 bits per heavy atom. The van der Waals surface area contributed by atoms with Gasteiger partial charge in [-0.2, -0.15) is 13.2 Å². The van der Waals surface area contributed by atoms with Crippen LogP contribution in [0.3, 0.4) is 0 Å². The van der Waals surface area contributed by atoms with Gasteiger partial charge in [0.05, 0.1) is 11.1 Å². The molecule has 2 aromatic carbocycles. The van der Waals surface area contributed by atoms with E-state index in [1.54, 1.807) is 0 Å². The van der Waals surface area contributed by atoms with Crippen LogP contribution >= 0.6 is 12.4 Å². The predicted molar refractivity (Wildman–Crippen MR) is 122 cm³/mol. The molecule has 1 aromatic heterocycles. The quantitative estimate of drug-likeness (QED) is 0.489. The summed E-state index contributed by atoms with van der Waals surface area (Å²) in [6, 6.07) is 14.8. The summed E-state index contributed by atoms with van der Waals surface area (Å²) in [5.74, 6) is 0.377. The van der Waals surface area contributed by atoms with Crippen LogP contribution in [-0.2, 0) is 6.18 Å². The van der Waals surface area contributed by atoms with Crippen LogP contribution in [0.1, 0.15) is 47.2 Å². The Morgan fingerprint density at radius 2 is 1.66 bits per heavy atom. The molecule has 1 aliphatic rings. The van der Waals surface area contributed by atoms with E-state index in [-0.39, 0.29) is 30.1 Å². The van der Waals surface area contributed by atoms with Crippen LogP contribution in [0.2, 0.25) is 0 Å². The van der Waals surface area contributed by atoms with Gasteiger partial charge >= 0.3 is 6.18 Å². The van der Waals surface area contributed by atoms with E-state index in [0.717, 1.165) is 60.1 Å². The molecular formula is C24H25ClF3N3O. The number of amides is 1. The Labute approximate surface area is 191 Å². The summed E-state index contributed by atoms with van der Waals surface area (Å²) in [5.41, 5.74) is 1.33. The molecular weight excluding hydrogens is 439 g/mol. The van der Waals surface area contributed by atoms with Crippen molar-refractivity contribution in [2.45, 2.75) is 50.9 Å². The maximum absolute atomic E-state index is 12.9. The molecule has 0 unspecified atom stereocenters. The van der Waals surface area contributed by atoms with E-state index in [4.69, 9.17) is 4.98 Å². The number of hydrogen-bond acceptors (Lipinski definition) is 3. The maximum Gasteiger partial charge on any atom is 0.416 e. The van der Waals surface area contributed by atoms with Gasteiger partial charge < -0.3 is 10.6 Å². The van der Waals surface area contributed by atoms with Crippen molar-refractivity contribution in [1.29, 1.82) is 0 Å². The van der Waals surface area contributed by atoms with Crippen LogP contribution in [-0.4, -0.2) is 23.0 Å². The lowest BCUT2D eigenvalue weighted by atomic mass is 9.91. The molecule has 4 rings (SSSR count). The summed E-state index contributed by atoms with van der Waals surface area (Å²) in [6.45, 7) is 2.06. The molecule has 170 valence electrons. The van der Waals surface area contributed by atoms with Gasteiger partial charge in [-0.15, -0.1) is 12.4 Å². The summed E-state index contributed by atoms with van der Waals surface area (Å²) in [4.78, 5) is 17.1. The molecule has 1 amide bonds. The van der Waals surface area contributed by atoms with E-state index in [9.17, 15) is 18.0 Å². The number of pyridine rings is 1. The van der Waals surface area contributed by atoms with Gasteiger partial charge in [-0.3, -0.25) is 4.79 Å². The van der Waals surface area contributed by atoms with Crippen LogP contribution in [0.15, 0.2) is 54.6 Å². The third-order valence-electron chi connectivity index (χ3n) is 5.79. The number of nitrogens with one attached hydrogen (secondary N) is 2. The maximum atomic E-state index is 12.9. The lowest BCUT2D eigenvalue weighted by Crippen LogP contribution is -2.40. The highest BCUT2D eigenvalue weighted by atomic mass is 35.5. The van der Waals surface area contributed by atoms with Gasteiger partial charge in [-0.25, -0.2) is 4.98 Å². The molecule has 0 bridgehead atoms. The van der Waals surface area contributed by atoms with Gasteiger partial charge in [0.25, 0.3) is 5.91 Å². The third-order valence-corrected chi connectivity index (χ3v) is 5.79. The fourth-order valence-corrected chi connectivity index (χ4v) is 4.12. The summed E-state index contributed by atoms with van der Waals surface area (Å²) < 4.78 is 38.6. The van der Waals surface area contributed by atoms with Crippen molar-refractivity contribution >= 4 is 35.0 Å². The zero-order chi connectivity index (χ0) is 22.0. The highest BCUT2D eigenvalue weighted by Gasteiger charge is 2.31. The first-order chi connectivity index (χ1) is 14.8. The Bertz CT molecular complexity index is 1100. The van der Waals surface area contributed by atoms with E-state index >= 15 is 0 Å². The van der Waals surface area contributed by atoms with Crippen LogP contribution in [0, 0.1) is 6.92 Å². The Kier molecular flexibility index (Phi) is 7.29. The number of rotatable bonds is 4. The Balaban J connectivity index is 0.00000289. The van der Waals surface area contributed by atoms with Gasteiger partial charge in [0, 0.05) is 23.0 Å². The van der Waals surface area contributed by atoms with E-state index < -0.39 is 17.6 Å². The van der Waals surface area contributed by atoms with Gasteiger partial charge in [-0.1, -0.05) is 24.3 Å². The van der Waals surface area contributed by atoms with E-state index in [0.29, 0.717) is 0 Å². The van der Waals surface area contributed by atoms with Gasteiger partial charge in [0.1, 0.15) is 5.82 Å². The normalized spacial score (nSPS) is 18.6. The molecule has 1 aliphatic carbocycles. The van der Waals surface area contributed by atoms with Crippen molar-refractivity contribution in [3.05, 3.63) is 71.3 Å². The summed E-state index contributed by atoms with van der Waals surface area (Å²) in [6.07, 6.45) is -1.25. The average molecular weight is 464 g/mol. The SMILES string of the molecule is Cc1cc(N[C@H]2CC[C@@H](NC(=O)c3cccc(C(F)(F)F)c3)CC2)nc2ccccc12.Cl. The predicted octanol–water partition coefficient (Wildman–Crippen LogP) is 6.14. The Morgan fingerprint density at radius 3 is 2.38 bits per heavy atom. The second kappa shape index (κ2) is 9.77. The standard InChI is InChI=1S/C24H24F3N3O.ClH/c1-15-13-22(30-21-8-3-2-7-20(15)21)28-18-9-11-19(12-10-18)29-23(31)16-5-4-6-17(14-16)24(25,26)27;/h2-8,13-14,18-19H,9-12H2,1H3,(H,28,30)(H,29,31);1H/t18-,19+;. The van der Waals surface area contributed by atoms with Crippen LogP contribution < -0.4 is 10.6 Å². The molecule has 3 aromatic rings. The third kappa shape index (κ3) is 5.51. The van der Waals surface area contributed by atoms with Crippen molar-refractivity contribution < 1.29 is 18.0 Å². The fourth-order valence-electron chi connectivity index (χ4n) is 4.12. The molecule has 1 saturated carbocycles. The topological polar surface area (TPSA) is 54.0 Å². The largest absolute Gasteiger partial charge is 0.416 e. The first-order valence-electron chi connectivity index (χ1n) is 10.4. The molecule has 1 heterocycles. The number of aryl methyl sites for hydroxylation is 1. The number of nitrogens with zero attached hydrogens (tertiary/aromatic N) is 1. The molecule has 0 aliphatic heterocycles. The first-order valence-corrected chi connectivity index (χ1v) is 10.4. The van der Waals surface area contributed by atoms with E-state index in [2.05, 4.69) is 23.6 Å². The van der Waals surface area contributed by atoms with Crippen molar-refractivity contribution in [2.75, 3.05) is 5.32 Å². The van der Waals surface area contributed by atoms with Crippen molar-refractivity contribution in [3.8, 4) is 0 Å². The van der Waals surface area contributed by atoms with Crippen LogP contribution in [0.25, 0.3) is 10.9 Å². The number of fused-ring (bicyclic) bond motifs is 1. The van der Waals surface area contributed by atoms with Crippen molar-refractivity contribution in [1.82, 2.24) is 10.3 Å². The number of halogens is 4. The fraction of sp³-hybridized carbons (Fsp3) is 0.333. The lowest BCUT2D eigenvalue weighted by Gasteiger charge is -2.30. The molecule has 2 N–H and O–H groups in total. The molecule has 32 heavy (non-hydrogen) atoms. The van der Waals surface area contributed by atoms with E-state index in [1.165, 1.54) is 12.1 Å². The zero-order valence-electron chi connectivity index (χ0n) is 17.6. The van der Waals surface area contributed by atoms with Crippen LogP contribution in [0.4, 0.5) is 19.0 Å². The summed E-state index contributed by atoms with van der Waals surface area (Å²) in [5, 5.41) is 7.51.